The summed E-state index contributed by atoms with van der Waals surface area (Å²) in [5.74, 6) is 0.796. The zero-order valence-electron chi connectivity index (χ0n) is 11.4. The van der Waals surface area contributed by atoms with Crippen LogP contribution in [0.5, 0.6) is 5.75 Å². The lowest BCUT2D eigenvalue weighted by atomic mass is 10.1. The van der Waals surface area contributed by atoms with Crippen LogP contribution in [0, 0.1) is 0 Å². The van der Waals surface area contributed by atoms with Gasteiger partial charge in [-0.2, -0.15) is 0 Å². The van der Waals surface area contributed by atoms with Gasteiger partial charge in [0.2, 0.25) is 5.91 Å². The highest BCUT2D eigenvalue weighted by molar-refractivity contribution is 9.10. The van der Waals surface area contributed by atoms with Crippen molar-refractivity contribution < 1.29 is 9.53 Å². The van der Waals surface area contributed by atoms with E-state index in [1.807, 2.05) is 18.2 Å². The Hall–Kier alpha value is -0.780. The van der Waals surface area contributed by atoms with Crippen LogP contribution in [0.25, 0.3) is 0 Å². The lowest BCUT2D eigenvalue weighted by Gasteiger charge is -2.24. The first-order valence-electron chi connectivity index (χ1n) is 6.51. The number of ether oxygens (including phenoxy) is 1. The largest absolute Gasteiger partial charge is 0.496 e. The van der Waals surface area contributed by atoms with E-state index in [9.17, 15) is 4.79 Å². The van der Waals surface area contributed by atoms with E-state index in [4.69, 9.17) is 4.74 Å². The molecule has 1 atom stereocenters. The van der Waals surface area contributed by atoms with Crippen LogP contribution in [0.4, 0.5) is 0 Å². The second kappa shape index (κ2) is 8.49. The van der Waals surface area contributed by atoms with Gasteiger partial charge in [0, 0.05) is 22.6 Å². The van der Waals surface area contributed by atoms with E-state index in [2.05, 4.69) is 26.6 Å². The fourth-order valence-electron chi connectivity index (χ4n) is 2.31. The molecule has 1 saturated heterocycles. The second-order valence-corrected chi connectivity index (χ2v) is 5.66. The zero-order valence-corrected chi connectivity index (χ0v) is 13.9. The van der Waals surface area contributed by atoms with Crippen molar-refractivity contribution in [2.75, 3.05) is 20.2 Å². The van der Waals surface area contributed by atoms with E-state index < -0.39 is 0 Å². The van der Waals surface area contributed by atoms with Crippen molar-refractivity contribution in [1.82, 2.24) is 10.6 Å². The Labute approximate surface area is 134 Å². The predicted octanol–water partition coefficient (Wildman–Crippen LogP) is 2.29. The third-order valence-corrected chi connectivity index (χ3v) is 3.75. The van der Waals surface area contributed by atoms with Crippen LogP contribution in [-0.4, -0.2) is 32.1 Å². The molecule has 1 fully saturated rings. The van der Waals surface area contributed by atoms with Gasteiger partial charge in [-0.05, 0) is 37.6 Å². The molecule has 20 heavy (non-hydrogen) atoms. The minimum Gasteiger partial charge on any atom is -0.496 e. The van der Waals surface area contributed by atoms with Crippen LogP contribution in [0.15, 0.2) is 22.7 Å². The molecule has 2 rings (SSSR count). The molecule has 1 heterocycles. The molecule has 1 aromatic carbocycles. The minimum absolute atomic E-state index is 0. The molecule has 112 valence electrons. The highest BCUT2D eigenvalue weighted by atomic mass is 79.9. The van der Waals surface area contributed by atoms with Crippen molar-refractivity contribution in [2.45, 2.75) is 25.3 Å². The quantitative estimate of drug-likeness (QED) is 0.863. The van der Waals surface area contributed by atoms with Gasteiger partial charge in [0.05, 0.1) is 13.5 Å². The molecule has 0 saturated carbocycles. The molecule has 0 unspecified atom stereocenters. The number of nitrogens with one attached hydrogen (secondary N) is 2. The molecular formula is C14H20BrClN2O2. The maximum absolute atomic E-state index is 12.1. The van der Waals surface area contributed by atoms with Crippen molar-refractivity contribution in [3.8, 4) is 5.75 Å². The van der Waals surface area contributed by atoms with Crippen LogP contribution in [0.2, 0.25) is 0 Å². The number of amides is 1. The average molecular weight is 364 g/mol. The molecule has 0 radical (unpaired) electrons. The SMILES string of the molecule is COc1ccc(Br)cc1CC(=O)N[C@H]1CCCNC1.Cl. The van der Waals surface area contributed by atoms with Crippen molar-refractivity contribution in [3.05, 3.63) is 28.2 Å². The van der Waals surface area contributed by atoms with Crippen molar-refractivity contribution >= 4 is 34.2 Å². The molecule has 6 heteroatoms. The summed E-state index contributed by atoms with van der Waals surface area (Å²) >= 11 is 3.42. The van der Waals surface area contributed by atoms with Crippen molar-refractivity contribution in [2.24, 2.45) is 0 Å². The van der Waals surface area contributed by atoms with Gasteiger partial charge in [0.25, 0.3) is 0 Å². The lowest BCUT2D eigenvalue weighted by molar-refractivity contribution is -0.121. The molecular weight excluding hydrogens is 344 g/mol. The number of carbonyl (C=O) groups excluding carboxylic acids is 1. The van der Waals surface area contributed by atoms with E-state index >= 15 is 0 Å². The Morgan fingerprint density at radius 1 is 1.55 bits per heavy atom. The number of piperidine rings is 1. The van der Waals surface area contributed by atoms with Crippen LogP contribution in [0.3, 0.4) is 0 Å². The molecule has 1 aliphatic heterocycles. The fraction of sp³-hybridized carbons (Fsp3) is 0.500. The number of rotatable bonds is 4. The first-order chi connectivity index (χ1) is 9.19. The Morgan fingerprint density at radius 3 is 3.00 bits per heavy atom. The maximum atomic E-state index is 12.1. The van der Waals surface area contributed by atoms with Gasteiger partial charge in [-0.3, -0.25) is 4.79 Å². The summed E-state index contributed by atoms with van der Waals surface area (Å²) in [6, 6.07) is 5.96. The number of carbonyl (C=O) groups is 1. The van der Waals surface area contributed by atoms with E-state index in [1.54, 1.807) is 7.11 Å². The summed E-state index contributed by atoms with van der Waals surface area (Å²) < 4.78 is 6.23. The van der Waals surface area contributed by atoms with Gasteiger partial charge >= 0.3 is 0 Å². The van der Waals surface area contributed by atoms with E-state index in [1.165, 1.54) is 0 Å². The average Bonchev–Trinajstić information content (AvgIpc) is 2.40. The number of halogens is 2. The minimum atomic E-state index is 0. The van der Waals surface area contributed by atoms with Gasteiger partial charge in [-0.1, -0.05) is 15.9 Å². The van der Waals surface area contributed by atoms with Crippen LogP contribution in [0.1, 0.15) is 18.4 Å². The Morgan fingerprint density at radius 2 is 2.35 bits per heavy atom. The third kappa shape index (κ3) is 4.96. The smallest absolute Gasteiger partial charge is 0.224 e. The second-order valence-electron chi connectivity index (χ2n) is 4.74. The van der Waals surface area contributed by atoms with Crippen LogP contribution < -0.4 is 15.4 Å². The van der Waals surface area contributed by atoms with Gasteiger partial charge in [0.15, 0.2) is 0 Å². The molecule has 2 N–H and O–H groups in total. The van der Waals surface area contributed by atoms with Gasteiger partial charge in [0.1, 0.15) is 5.75 Å². The molecule has 1 aromatic rings. The Bertz CT molecular complexity index is 451. The molecule has 0 spiro atoms. The van der Waals surface area contributed by atoms with E-state index in [-0.39, 0.29) is 24.4 Å². The molecule has 1 amide bonds. The molecule has 0 bridgehead atoms. The van der Waals surface area contributed by atoms with Crippen molar-refractivity contribution in [1.29, 1.82) is 0 Å². The lowest BCUT2D eigenvalue weighted by Crippen LogP contribution is -2.46. The monoisotopic (exact) mass is 362 g/mol. The fourth-order valence-corrected chi connectivity index (χ4v) is 2.72. The standard InChI is InChI=1S/C14H19BrN2O2.ClH/c1-19-13-5-4-11(15)7-10(13)8-14(18)17-12-3-2-6-16-9-12;/h4-5,7,12,16H,2-3,6,8-9H2,1H3,(H,17,18);1H/t12-;/m0./s1. The van der Waals surface area contributed by atoms with Gasteiger partial charge in [-0.15, -0.1) is 12.4 Å². The number of benzene rings is 1. The summed E-state index contributed by atoms with van der Waals surface area (Å²) in [4.78, 5) is 12.1. The highest BCUT2D eigenvalue weighted by Gasteiger charge is 2.16. The number of hydrogen-bond acceptors (Lipinski definition) is 3. The van der Waals surface area contributed by atoms with Crippen molar-refractivity contribution in [3.63, 3.8) is 0 Å². The van der Waals surface area contributed by atoms with E-state index in [0.29, 0.717) is 6.42 Å². The molecule has 0 aromatic heterocycles. The summed E-state index contributed by atoms with van der Waals surface area (Å²) in [5, 5.41) is 6.35. The Balaban J connectivity index is 0.00000200. The summed E-state index contributed by atoms with van der Waals surface area (Å²) in [6.07, 6.45) is 2.51. The van der Waals surface area contributed by atoms with Gasteiger partial charge in [-0.25, -0.2) is 0 Å². The molecule has 1 aliphatic rings. The normalized spacial score (nSPS) is 18.0. The van der Waals surface area contributed by atoms with Gasteiger partial charge < -0.3 is 15.4 Å². The molecule has 0 aliphatic carbocycles. The summed E-state index contributed by atoms with van der Waals surface area (Å²) in [7, 11) is 1.62. The number of methoxy groups -OCH3 is 1. The zero-order chi connectivity index (χ0) is 13.7. The topological polar surface area (TPSA) is 50.4 Å². The third-order valence-electron chi connectivity index (χ3n) is 3.26. The number of hydrogen-bond donors (Lipinski definition) is 2. The van der Waals surface area contributed by atoms with Crippen LogP contribution >= 0.6 is 28.3 Å². The highest BCUT2D eigenvalue weighted by Crippen LogP contribution is 2.23. The van der Waals surface area contributed by atoms with Crippen LogP contribution in [-0.2, 0) is 11.2 Å². The first-order valence-corrected chi connectivity index (χ1v) is 7.31. The summed E-state index contributed by atoms with van der Waals surface area (Å²) in [5.41, 5.74) is 0.901. The Kier molecular flexibility index (Phi) is 7.34. The first kappa shape index (κ1) is 17.3. The van der Waals surface area contributed by atoms with E-state index in [0.717, 1.165) is 41.7 Å². The summed E-state index contributed by atoms with van der Waals surface area (Å²) in [6.45, 7) is 1.91. The maximum Gasteiger partial charge on any atom is 0.224 e. The predicted molar refractivity (Wildman–Crippen MR) is 85.7 cm³/mol. The molecule has 4 nitrogen and oxygen atoms in total.